The van der Waals surface area contributed by atoms with Crippen molar-refractivity contribution in [3.63, 3.8) is 0 Å². The Morgan fingerprint density at radius 2 is 1.88 bits per heavy atom. The number of aromatic nitrogens is 7. The summed E-state index contributed by atoms with van der Waals surface area (Å²) in [4.78, 5) is 44.6. The fourth-order valence-corrected chi connectivity index (χ4v) is 6.03. The molecule has 1 aliphatic heterocycles. The summed E-state index contributed by atoms with van der Waals surface area (Å²) in [5.41, 5.74) is 1.64. The lowest BCUT2D eigenvalue weighted by molar-refractivity contribution is -0.168. The van der Waals surface area contributed by atoms with Gasteiger partial charge in [-0.2, -0.15) is 10.2 Å². The van der Waals surface area contributed by atoms with Crippen molar-refractivity contribution in [2.75, 3.05) is 18.9 Å². The van der Waals surface area contributed by atoms with E-state index in [9.17, 15) is 14.0 Å². The maximum Gasteiger partial charge on any atom is 0.249 e. The highest BCUT2D eigenvalue weighted by Crippen LogP contribution is 2.44. The lowest BCUT2D eigenvalue weighted by atomic mass is 9.73. The predicted octanol–water partition coefficient (Wildman–Crippen LogP) is 3.74. The van der Waals surface area contributed by atoms with Gasteiger partial charge in [0, 0.05) is 42.7 Å². The summed E-state index contributed by atoms with van der Waals surface area (Å²) in [6.07, 6.45) is 6.38. The van der Waals surface area contributed by atoms with E-state index in [1.807, 2.05) is 39.0 Å². The number of nitrogens with one attached hydrogen (secondary N) is 2. The highest BCUT2D eigenvalue weighted by molar-refractivity contribution is 5.98. The molecule has 218 valence electrons. The summed E-state index contributed by atoms with van der Waals surface area (Å²) in [5, 5.41) is 14.3. The maximum absolute atomic E-state index is 14.1. The monoisotopic (exact) mass is 572 g/mol. The minimum Gasteiger partial charge on any atom is -0.329 e. The molecule has 5 heterocycles. The Hall–Kier alpha value is -4.68. The van der Waals surface area contributed by atoms with Gasteiger partial charge < -0.3 is 15.1 Å². The molecule has 4 aromatic rings. The molecule has 1 spiro atoms. The molecule has 0 aromatic carbocycles. The first kappa shape index (κ1) is 27.5. The highest BCUT2D eigenvalue weighted by Gasteiger charge is 2.53. The van der Waals surface area contributed by atoms with Gasteiger partial charge in [-0.25, -0.2) is 24.0 Å². The number of hydrogen-bond acceptors (Lipinski definition) is 8. The average Bonchev–Trinajstić information content (AvgIpc) is 3.61. The molecule has 1 aliphatic carbocycles. The minimum atomic E-state index is -0.919. The molecule has 2 aliphatic rings. The van der Waals surface area contributed by atoms with Gasteiger partial charge in [0.2, 0.25) is 11.8 Å². The second-order valence-electron chi connectivity index (χ2n) is 11.2. The predicted molar refractivity (Wildman–Crippen MR) is 152 cm³/mol. The largest absolute Gasteiger partial charge is 0.329 e. The molecule has 13 heteroatoms. The van der Waals surface area contributed by atoms with Crippen molar-refractivity contribution in [2.24, 2.45) is 0 Å². The number of piperazine rings is 1. The summed E-state index contributed by atoms with van der Waals surface area (Å²) in [7, 11) is 1.74. The average molecular weight is 573 g/mol. The number of pyridine rings is 1. The van der Waals surface area contributed by atoms with Gasteiger partial charge in [-0.1, -0.05) is 6.07 Å². The van der Waals surface area contributed by atoms with Crippen LogP contribution in [0.2, 0.25) is 0 Å². The summed E-state index contributed by atoms with van der Waals surface area (Å²) in [6, 6.07) is 6.96. The Morgan fingerprint density at radius 1 is 1.10 bits per heavy atom. The maximum atomic E-state index is 14.1. The number of anilines is 2. The van der Waals surface area contributed by atoms with E-state index in [0.717, 1.165) is 29.0 Å². The lowest BCUT2D eigenvalue weighted by Gasteiger charge is -2.51. The number of halogens is 1. The second-order valence-corrected chi connectivity index (χ2v) is 11.2. The van der Waals surface area contributed by atoms with Crippen LogP contribution in [0.15, 0.2) is 42.9 Å². The summed E-state index contributed by atoms with van der Waals surface area (Å²) >= 11 is 0. The van der Waals surface area contributed by atoms with Crippen molar-refractivity contribution in [1.82, 2.24) is 44.7 Å². The molecule has 2 amide bonds. The Labute approximate surface area is 242 Å². The van der Waals surface area contributed by atoms with Crippen molar-refractivity contribution in [2.45, 2.75) is 64.0 Å². The number of likely N-dealkylation sites (N-methyl/N-ethyl adjacent to an activating group) is 1. The second kappa shape index (κ2) is 10.6. The Bertz CT molecular complexity index is 1620. The number of aromatic amines is 1. The fraction of sp³-hybridized carbons (Fsp3) is 0.414. The number of carbonyl (C=O) groups excluding carboxylic acids is 2. The van der Waals surface area contributed by atoms with Crippen LogP contribution in [0.1, 0.15) is 67.3 Å². The molecule has 1 atom stereocenters. The van der Waals surface area contributed by atoms with E-state index in [4.69, 9.17) is 9.97 Å². The Kier molecular flexibility index (Phi) is 6.95. The van der Waals surface area contributed by atoms with Gasteiger partial charge in [-0.15, -0.1) is 0 Å². The van der Waals surface area contributed by atoms with Crippen molar-refractivity contribution in [1.29, 1.82) is 0 Å². The molecule has 42 heavy (non-hydrogen) atoms. The third kappa shape index (κ3) is 4.99. The van der Waals surface area contributed by atoms with Crippen LogP contribution < -0.4 is 5.32 Å². The molecule has 0 radical (unpaired) electrons. The molecule has 2 fully saturated rings. The molecule has 1 saturated heterocycles. The number of aryl methyl sites for hydroxylation is 2. The first-order valence-electron chi connectivity index (χ1n) is 14.0. The molecule has 4 aromatic heterocycles. The van der Waals surface area contributed by atoms with Crippen LogP contribution in [0.3, 0.4) is 0 Å². The van der Waals surface area contributed by atoms with Gasteiger partial charge in [-0.3, -0.25) is 14.7 Å². The van der Waals surface area contributed by atoms with E-state index in [1.54, 1.807) is 29.1 Å². The summed E-state index contributed by atoms with van der Waals surface area (Å²) in [6.45, 7) is 5.76. The normalized spacial score (nSPS) is 21.7. The van der Waals surface area contributed by atoms with Crippen LogP contribution in [0.4, 0.5) is 16.0 Å². The van der Waals surface area contributed by atoms with Crippen LogP contribution in [-0.2, 0) is 9.59 Å². The van der Waals surface area contributed by atoms with Gasteiger partial charge in [0.15, 0.2) is 17.5 Å². The fourth-order valence-electron chi connectivity index (χ4n) is 6.03. The van der Waals surface area contributed by atoms with Crippen LogP contribution >= 0.6 is 0 Å². The van der Waals surface area contributed by atoms with Gasteiger partial charge in [0.1, 0.15) is 23.7 Å². The number of carbonyl (C=O) groups is 2. The summed E-state index contributed by atoms with van der Waals surface area (Å²) in [5.74, 6) is 1.99. The van der Waals surface area contributed by atoms with E-state index < -0.39 is 11.4 Å². The molecule has 6 rings (SSSR count). The van der Waals surface area contributed by atoms with Crippen molar-refractivity contribution >= 4 is 23.5 Å². The Balaban J connectivity index is 1.18. The van der Waals surface area contributed by atoms with Crippen molar-refractivity contribution in [3.05, 3.63) is 71.4 Å². The molecular weight excluding hydrogens is 539 g/mol. The number of rotatable bonds is 6. The zero-order valence-electron chi connectivity index (χ0n) is 24.0. The standard InChI is InChI=1S/C29H33FN10O2/c1-17-11-23(34-24-12-18(2)36-37-24)35-27(33-17)20-7-9-29(10-8-20)28(42)39(16-26(41)38(29)4)19(3)21-5-6-25(31-13-21)40-15-22(30)14-32-40/h5-6,11-15,19-20H,7-10,16H2,1-4H3,(H2,33,34,35,36,37). The third-order valence-corrected chi connectivity index (χ3v) is 8.50. The highest BCUT2D eigenvalue weighted by atomic mass is 19.1. The zero-order valence-corrected chi connectivity index (χ0v) is 24.0. The Morgan fingerprint density at radius 3 is 2.52 bits per heavy atom. The topological polar surface area (TPSA) is 138 Å². The van der Waals surface area contributed by atoms with E-state index in [-0.39, 0.29) is 30.3 Å². The molecule has 1 unspecified atom stereocenters. The number of amides is 2. The van der Waals surface area contributed by atoms with E-state index in [1.165, 1.54) is 10.9 Å². The number of hydrogen-bond donors (Lipinski definition) is 2. The first-order chi connectivity index (χ1) is 20.1. The van der Waals surface area contributed by atoms with Crippen molar-refractivity contribution < 1.29 is 14.0 Å². The van der Waals surface area contributed by atoms with Gasteiger partial charge >= 0.3 is 0 Å². The molecule has 2 N–H and O–H groups in total. The van der Waals surface area contributed by atoms with E-state index in [2.05, 4.69) is 25.6 Å². The minimum absolute atomic E-state index is 0.00349. The SMILES string of the molecule is Cc1cc(Nc2cc(C)[nH]n2)nc(C2CCC3(CC2)C(=O)N(C(C)c2ccc(-n4cc(F)cn4)nc2)CC(=O)N3C)n1. The quantitative estimate of drug-likeness (QED) is 0.357. The van der Waals surface area contributed by atoms with E-state index >= 15 is 0 Å². The summed E-state index contributed by atoms with van der Waals surface area (Å²) < 4.78 is 14.7. The molecule has 12 nitrogen and oxygen atoms in total. The van der Waals surface area contributed by atoms with Gasteiger partial charge in [-0.05, 0) is 58.1 Å². The van der Waals surface area contributed by atoms with Gasteiger partial charge in [0.05, 0.1) is 18.4 Å². The first-order valence-corrected chi connectivity index (χ1v) is 14.0. The van der Waals surface area contributed by atoms with Crippen LogP contribution in [-0.4, -0.2) is 75.7 Å². The third-order valence-electron chi connectivity index (χ3n) is 8.50. The van der Waals surface area contributed by atoms with Gasteiger partial charge in [0.25, 0.3) is 0 Å². The lowest BCUT2D eigenvalue weighted by Crippen LogP contribution is -2.67. The number of nitrogens with zero attached hydrogens (tertiary/aromatic N) is 8. The van der Waals surface area contributed by atoms with E-state index in [0.29, 0.717) is 43.1 Å². The van der Waals surface area contributed by atoms with Crippen LogP contribution in [0.5, 0.6) is 0 Å². The van der Waals surface area contributed by atoms with Crippen LogP contribution in [0.25, 0.3) is 5.82 Å². The van der Waals surface area contributed by atoms with Crippen LogP contribution in [0, 0.1) is 19.7 Å². The molecule has 1 saturated carbocycles. The smallest absolute Gasteiger partial charge is 0.249 e. The number of H-pyrrole nitrogens is 1. The van der Waals surface area contributed by atoms with Crippen molar-refractivity contribution in [3.8, 4) is 5.82 Å². The zero-order chi connectivity index (χ0) is 29.6. The molecular formula is C29H33FN10O2. The molecule has 0 bridgehead atoms.